The molecule has 4 heteroatoms. The van der Waals surface area contributed by atoms with Gasteiger partial charge in [0.05, 0.1) is 22.7 Å². The van der Waals surface area contributed by atoms with Crippen molar-refractivity contribution in [3.05, 3.63) is 22.2 Å². The molecule has 1 aromatic rings. The van der Waals surface area contributed by atoms with Gasteiger partial charge >= 0.3 is 0 Å². The monoisotopic (exact) mass is 297 g/mol. The molecule has 2 rings (SSSR count). The maximum atomic E-state index is 11.8. The van der Waals surface area contributed by atoms with E-state index in [2.05, 4.69) is 35.1 Å². The summed E-state index contributed by atoms with van der Waals surface area (Å²) in [5.41, 5.74) is 1.94. The van der Waals surface area contributed by atoms with Crippen LogP contribution in [-0.2, 0) is 4.79 Å². The summed E-state index contributed by atoms with van der Waals surface area (Å²) < 4.78 is 6.56. The molecule has 0 saturated heterocycles. The summed E-state index contributed by atoms with van der Waals surface area (Å²) in [6.45, 7) is 6.52. The Balaban J connectivity index is 2.46. The number of fused-ring (bicyclic) bond motifs is 1. The van der Waals surface area contributed by atoms with Gasteiger partial charge in [-0.15, -0.1) is 0 Å². The molecular formula is C13H16BrNO2. The molecule has 1 aliphatic heterocycles. The van der Waals surface area contributed by atoms with Gasteiger partial charge < -0.3 is 10.1 Å². The van der Waals surface area contributed by atoms with Gasteiger partial charge in [-0.25, -0.2) is 0 Å². The Kier molecular flexibility index (Phi) is 3.43. The van der Waals surface area contributed by atoms with Gasteiger partial charge in [-0.3, -0.25) is 4.79 Å². The van der Waals surface area contributed by atoms with Crippen LogP contribution in [0.1, 0.15) is 32.3 Å². The Hall–Kier alpha value is -1.03. The predicted octanol–water partition coefficient (Wildman–Crippen LogP) is 3.54. The quantitative estimate of drug-likeness (QED) is 0.861. The van der Waals surface area contributed by atoms with Crippen LogP contribution in [0.3, 0.4) is 0 Å². The van der Waals surface area contributed by atoms with E-state index in [1.165, 1.54) is 5.56 Å². The van der Waals surface area contributed by atoms with Crippen molar-refractivity contribution in [2.75, 3.05) is 11.9 Å². The summed E-state index contributed by atoms with van der Waals surface area (Å²) in [7, 11) is 0. The Morgan fingerprint density at radius 2 is 2.18 bits per heavy atom. The van der Waals surface area contributed by atoms with Crippen molar-refractivity contribution in [2.24, 2.45) is 5.92 Å². The second-order valence-corrected chi connectivity index (χ2v) is 5.59. The van der Waals surface area contributed by atoms with Gasteiger partial charge in [0.25, 0.3) is 0 Å². The summed E-state index contributed by atoms with van der Waals surface area (Å²) in [6.07, 6.45) is 0. The average Bonchev–Trinajstić information content (AvgIpc) is 2.39. The maximum Gasteiger partial charge on any atom is 0.230 e. The van der Waals surface area contributed by atoms with Gasteiger partial charge in [0.2, 0.25) is 5.91 Å². The molecule has 1 heterocycles. The molecule has 1 atom stereocenters. The first-order valence-corrected chi connectivity index (χ1v) is 6.55. The van der Waals surface area contributed by atoms with E-state index >= 15 is 0 Å². The molecule has 0 aliphatic carbocycles. The largest absolute Gasteiger partial charge is 0.489 e. The summed E-state index contributed by atoms with van der Waals surface area (Å²) >= 11 is 3.50. The van der Waals surface area contributed by atoms with Gasteiger partial charge in [0.15, 0.2) is 5.75 Å². The number of anilines is 1. The van der Waals surface area contributed by atoms with E-state index in [0.717, 1.165) is 15.9 Å². The molecule has 1 aromatic carbocycles. The summed E-state index contributed by atoms with van der Waals surface area (Å²) in [4.78, 5) is 11.8. The van der Waals surface area contributed by atoms with Crippen LogP contribution in [0.2, 0.25) is 0 Å². The number of rotatable bonds is 1. The number of carbonyl (C=O) groups is 1. The average molecular weight is 298 g/mol. The molecule has 17 heavy (non-hydrogen) atoms. The first-order chi connectivity index (χ1) is 7.99. The van der Waals surface area contributed by atoms with Crippen molar-refractivity contribution in [1.82, 2.24) is 0 Å². The minimum Gasteiger partial charge on any atom is -0.489 e. The maximum absolute atomic E-state index is 11.8. The van der Waals surface area contributed by atoms with Gasteiger partial charge in [-0.1, -0.05) is 20.8 Å². The SMILES string of the molecule is CC1COc2c(Br)cc(C(C)C)cc2NC1=O. The van der Waals surface area contributed by atoms with E-state index in [1.54, 1.807) is 0 Å². The number of hydrogen-bond donors (Lipinski definition) is 1. The lowest BCUT2D eigenvalue weighted by atomic mass is 10.0. The first-order valence-electron chi connectivity index (χ1n) is 5.76. The van der Waals surface area contributed by atoms with E-state index in [4.69, 9.17) is 4.74 Å². The molecule has 0 bridgehead atoms. The standard InChI is InChI=1S/C13H16BrNO2/c1-7(2)9-4-10(14)12-11(5-9)15-13(16)8(3)6-17-12/h4-5,7-8H,6H2,1-3H3,(H,15,16). The zero-order valence-electron chi connectivity index (χ0n) is 10.2. The molecule has 0 fully saturated rings. The van der Waals surface area contributed by atoms with Crippen molar-refractivity contribution in [3.8, 4) is 5.75 Å². The first kappa shape index (κ1) is 12.4. The summed E-state index contributed by atoms with van der Waals surface area (Å²) in [5, 5.41) is 2.91. The highest BCUT2D eigenvalue weighted by molar-refractivity contribution is 9.10. The normalized spacial score (nSPS) is 19.4. The Bertz CT molecular complexity index is 457. The van der Waals surface area contributed by atoms with E-state index in [0.29, 0.717) is 12.5 Å². The Morgan fingerprint density at radius 1 is 1.47 bits per heavy atom. The van der Waals surface area contributed by atoms with Crippen molar-refractivity contribution >= 4 is 27.5 Å². The van der Waals surface area contributed by atoms with E-state index < -0.39 is 0 Å². The molecule has 3 nitrogen and oxygen atoms in total. The molecule has 0 saturated carbocycles. The van der Waals surface area contributed by atoms with Gasteiger partial charge in [0, 0.05) is 0 Å². The lowest BCUT2D eigenvalue weighted by molar-refractivity contribution is -0.119. The molecule has 92 valence electrons. The smallest absolute Gasteiger partial charge is 0.230 e. The van der Waals surface area contributed by atoms with Crippen molar-refractivity contribution < 1.29 is 9.53 Å². The van der Waals surface area contributed by atoms with Crippen LogP contribution < -0.4 is 10.1 Å². The molecule has 0 aromatic heterocycles. The third-order valence-corrected chi connectivity index (χ3v) is 3.50. The number of hydrogen-bond acceptors (Lipinski definition) is 2. The lowest BCUT2D eigenvalue weighted by Gasteiger charge is -2.13. The van der Waals surface area contributed by atoms with Gasteiger partial charge in [0.1, 0.15) is 0 Å². The number of nitrogens with one attached hydrogen (secondary N) is 1. The van der Waals surface area contributed by atoms with Crippen LogP contribution in [-0.4, -0.2) is 12.5 Å². The number of carbonyl (C=O) groups excluding carboxylic acids is 1. The third-order valence-electron chi connectivity index (χ3n) is 2.92. The van der Waals surface area contributed by atoms with E-state index in [1.807, 2.05) is 19.1 Å². The Labute approximate surface area is 110 Å². The fourth-order valence-electron chi connectivity index (χ4n) is 1.73. The van der Waals surface area contributed by atoms with Crippen LogP contribution in [0, 0.1) is 5.92 Å². The molecule has 1 unspecified atom stereocenters. The molecule has 1 amide bonds. The number of benzene rings is 1. The minimum atomic E-state index is -0.128. The molecule has 1 aliphatic rings. The van der Waals surface area contributed by atoms with Crippen LogP contribution in [0.15, 0.2) is 16.6 Å². The fourth-order valence-corrected chi connectivity index (χ4v) is 2.32. The Morgan fingerprint density at radius 3 is 2.82 bits per heavy atom. The number of halogens is 1. The molecule has 1 N–H and O–H groups in total. The van der Waals surface area contributed by atoms with Gasteiger partial charge in [-0.2, -0.15) is 0 Å². The van der Waals surface area contributed by atoms with Crippen LogP contribution in [0.25, 0.3) is 0 Å². The van der Waals surface area contributed by atoms with Crippen molar-refractivity contribution in [2.45, 2.75) is 26.7 Å². The molecule has 0 spiro atoms. The van der Waals surface area contributed by atoms with Crippen molar-refractivity contribution in [3.63, 3.8) is 0 Å². The van der Waals surface area contributed by atoms with Crippen molar-refractivity contribution in [1.29, 1.82) is 0 Å². The molecule has 0 radical (unpaired) electrons. The van der Waals surface area contributed by atoms with Crippen LogP contribution in [0.4, 0.5) is 5.69 Å². The van der Waals surface area contributed by atoms with E-state index in [-0.39, 0.29) is 11.8 Å². The van der Waals surface area contributed by atoms with Gasteiger partial charge in [-0.05, 0) is 39.5 Å². The highest BCUT2D eigenvalue weighted by Gasteiger charge is 2.23. The zero-order valence-corrected chi connectivity index (χ0v) is 11.8. The summed E-state index contributed by atoms with van der Waals surface area (Å²) in [5.74, 6) is 1.02. The second kappa shape index (κ2) is 4.69. The second-order valence-electron chi connectivity index (χ2n) is 4.74. The fraction of sp³-hybridized carbons (Fsp3) is 0.462. The van der Waals surface area contributed by atoms with Crippen LogP contribution in [0.5, 0.6) is 5.75 Å². The predicted molar refractivity (Wildman–Crippen MR) is 71.5 cm³/mol. The third kappa shape index (κ3) is 2.46. The van der Waals surface area contributed by atoms with E-state index in [9.17, 15) is 4.79 Å². The van der Waals surface area contributed by atoms with Crippen LogP contribution >= 0.6 is 15.9 Å². The highest BCUT2D eigenvalue weighted by atomic mass is 79.9. The number of amides is 1. The minimum absolute atomic E-state index is 0.0107. The number of ether oxygens (including phenoxy) is 1. The topological polar surface area (TPSA) is 38.3 Å². The highest BCUT2D eigenvalue weighted by Crippen LogP contribution is 2.38. The molecular weight excluding hydrogens is 282 g/mol. The zero-order chi connectivity index (χ0) is 12.6. The summed E-state index contributed by atoms with van der Waals surface area (Å²) in [6, 6.07) is 4.03. The lowest BCUT2D eigenvalue weighted by Crippen LogP contribution is -2.22.